The van der Waals surface area contributed by atoms with E-state index in [0.717, 1.165) is 13.1 Å². The first-order chi connectivity index (χ1) is 7.32. The van der Waals surface area contributed by atoms with Crippen LogP contribution in [-0.2, 0) is 6.42 Å². The first kappa shape index (κ1) is 14.8. The van der Waals surface area contributed by atoms with E-state index in [9.17, 15) is 0 Å². The van der Waals surface area contributed by atoms with Gasteiger partial charge in [-0.1, -0.05) is 24.3 Å². The van der Waals surface area contributed by atoms with Gasteiger partial charge < -0.3 is 11.1 Å². The van der Waals surface area contributed by atoms with Gasteiger partial charge in [0.2, 0.25) is 0 Å². The average molecular weight is 275 g/mol. The fourth-order valence-corrected chi connectivity index (χ4v) is 3.23. The summed E-state index contributed by atoms with van der Waals surface area (Å²) in [5.74, 6) is 0. The summed E-state index contributed by atoms with van der Waals surface area (Å²) >= 11 is 0. The highest BCUT2D eigenvalue weighted by atomic mass is 35.5. The normalized spacial score (nSPS) is 24.6. The number of piperidine rings is 1. The largest absolute Gasteiger partial charge is 0.323 e. The third kappa shape index (κ3) is 2.32. The van der Waals surface area contributed by atoms with Crippen LogP contribution in [0.2, 0.25) is 0 Å². The van der Waals surface area contributed by atoms with Crippen molar-refractivity contribution in [2.45, 2.75) is 25.3 Å². The number of hydrogen-bond acceptors (Lipinski definition) is 2. The number of rotatable bonds is 0. The first-order valence-corrected chi connectivity index (χ1v) is 5.86. The highest BCUT2D eigenvalue weighted by Gasteiger charge is 2.44. The molecule has 1 heterocycles. The lowest BCUT2D eigenvalue weighted by Crippen LogP contribution is -2.41. The molecule has 17 heavy (non-hydrogen) atoms. The number of fused-ring (bicyclic) bond motifs is 1. The van der Waals surface area contributed by atoms with Crippen LogP contribution in [0.3, 0.4) is 0 Å². The molecule has 3 N–H and O–H groups in total. The van der Waals surface area contributed by atoms with Crippen LogP contribution in [-0.4, -0.2) is 13.1 Å². The van der Waals surface area contributed by atoms with Gasteiger partial charge >= 0.3 is 0 Å². The maximum atomic E-state index is 6.43. The van der Waals surface area contributed by atoms with Gasteiger partial charge in [0.1, 0.15) is 0 Å². The minimum Gasteiger partial charge on any atom is -0.323 e. The molecule has 3 rings (SSSR count). The predicted molar refractivity (Wildman–Crippen MR) is 76.1 cm³/mol. The zero-order chi connectivity index (χ0) is 10.3. The standard InChI is InChI=1S/C13H18N2.2ClH/c14-12-11-4-2-1-3-10(11)9-13(12)5-7-15-8-6-13;;/h1-4,12,15H,5-9,14H2;2*1H/t12-;;/m0../s1. The minimum absolute atomic E-state index is 0. The third-order valence-electron chi connectivity index (χ3n) is 4.19. The van der Waals surface area contributed by atoms with Crippen molar-refractivity contribution >= 4 is 24.8 Å². The Morgan fingerprint density at radius 3 is 2.41 bits per heavy atom. The molecule has 2 aliphatic rings. The van der Waals surface area contributed by atoms with Gasteiger partial charge in [0.05, 0.1) is 0 Å². The highest BCUT2D eigenvalue weighted by molar-refractivity contribution is 5.85. The smallest absolute Gasteiger partial charge is 0.0359 e. The molecule has 0 radical (unpaired) electrons. The first-order valence-electron chi connectivity index (χ1n) is 5.86. The van der Waals surface area contributed by atoms with Gasteiger partial charge in [-0.15, -0.1) is 24.8 Å². The lowest BCUT2D eigenvalue weighted by atomic mass is 9.73. The topological polar surface area (TPSA) is 38.0 Å². The van der Waals surface area contributed by atoms with Crippen LogP contribution >= 0.6 is 24.8 Å². The SMILES string of the molecule is Cl.Cl.N[C@H]1c2ccccc2CC12CCNCC2. The van der Waals surface area contributed by atoms with E-state index < -0.39 is 0 Å². The maximum absolute atomic E-state index is 6.43. The number of halogens is 2. The summed E-state index contributed by atoms with van der Waals surface area (Å²) in [6.45, 7) is 2.25. The van der Waals surface area contributed by atoms with Crippen LogP contribution in [0.4, 0.5) is 0 Å². The fraction of sp³-hybridized carbons (Fsp3) is 0.538. The summed E-state index contributed by atoms with van der Waals surface area (Å²) in [5.41, 5.74) is 9.65. The van der Waals surface area contributed by atoms with Crippen molar-refractivity contribution in [1.29, 1.82) is 0 Å². The van der Waals surface area contributed by atoms with E-state index in [0.29, 0.717) is 5.41 Å². The Morgan fingerprint density at radius 1 is 1.12 bits per heavy atom. The molecule has 1 aromatic rings. The number of nitrogens with one attached hydrogen (secondary N) is 1. The molecule has 96 valence electrons. The van der Waals surface area contributed by atoms with Gasteiger partial charge in [0, 0.05) is 6.04 Å². The van der Waals surface area contributed by atoms with E-state index in [1.165, 1.54) is 30.4 Å². The van der Waals surface area contributed by atoms with Crippen LogP contribution in [0, 0.1) is 5.41 Å². The Hall–Kier alpha value is -0.280. The highest BCUT2D eigenvalue weighted by Crippen LogP contribution is 2.49. The van der Waals surface area contributed by atoms with E-state index in [1.54, 1.807) is 0 Å². The Kier molecular flexibility index (Phi) is 4.85. The third-order valence-corrected chi connectivity index (χ3v) is 4.19. The lowest BCUT2D eigenvalue weighted by molar-refractivity contribution is 0.174. The lowest BCUT2D eigenvalue weighted by Gasteiger charge is -2.37. The van der Waals surface area contributed by atoms with Crippen molar-refractivity contribution in [3.05, 3.63) is 35.4 Å². The van der Waals surface area contributed by atoms with Crippen molar-refractivity contribution in [2.24, 2.45) is 11.1 Å². The van der Waals surface area contributed by atoms with Crippen molar-refractivity contribution in [1.82, 2.24) is 5.32 Å². The molecule has 1 atom stereocenters. The van der Waals surface area contributed by atoms with Crippen LogP contribution in [0.5, 0.6) is 0 Å². The Balaban J connectivity index is 0.000000722. The number of benzene rings is 1. The molecule has 1 saturated heterocycles. The van der Waals surface area contributed by atoms with Gasteiger partial charge in [0.25, 0.3) is 0 Å². The molecular weight excluding hydrogens is 255 g/mol. The molecule has 2 nitrogen and oxygen atoms in total. The van der Waals surface area contributed by atoms with Gasteiger partial charge in [-0.25, -0.2) is 0 Å². The molecule has 4 heteroatoms. The molecule has 1 aliphatic carbocycles. The summed E-state index contributed by atoms with van der Waals surface area (Å²) in [5, 5.41) is 3.43. The van der Waals surface area contributed by atoms with Crippen molar-refractivity contribution in [3.8, 4) is 0 Å². The van der Waals surface area contributed by atoms with Gasteiger partial charge in [-0.05, 0) is 48.9 Å². The molecule has 1 spiro atoms. The molecular formula is C13H20Cl2N2. The van der Waals surface area contributed by atoms with Crippen LogP contribution < -0.4 is 11.1 Å². The molecule has 0 unspecified atom stereocenters. The summed E-state index contributed by atoms with van der Waals surface area (Å²) in [4.78, 5) is 0. The van der Waals surface area contributed by atoms with Crippen LogP contribution in [0.15, 0.2) is 24.3 Å². The Morgan fingerprint density at radius 2 is 1.76 bits per heavy atom. The monoisotopic (exact) mass is 274 g/mol. The van der Waals surface area contributed by atoms with Crippen molar-refractivity contribution < 1.29 is 0 Å². The van der Waals surface area contributed by atoms with E-state index in [4.69, 9.17) is 5.73 Å². The molecule has 1 fully saturated rings. The molecule has 0 bridgehead atoms. The molecule has 0 amide bonds. The van der Waals surface area contributed by atoms with Gasteiger partial charge in [-0.3, -0.25) is 0 Å². The summed E-state index contributed by atoms with van der Waals surface area (Å²) in [6.07, 6.45) is 3.64. The average Bonchev–Trinajstić information content (AvgIpc) is 2.54. The van der Waals surface area contributed by atoms with E-state index in [1.807, 2.05) is 0 Å². The summed E-state index contributed by atoms with van der Waals surface area (Å²) in [6, 6.07) is 8.95. The zero-order valence-electron chi connectivity index (χ0n) is 9.82. The second-order valence-electron chi connectivity index (χ2n) is 4.97. The predicted octanol–water partition coefficient (Wildman–Crippen LogP) is 2.46. The van der Waals surface area contributed by atoms with Gasteiger partial charge in [-0.2, -0.15) is 0 Å². The van der Waals surface area contributed by atoms with E-state index in [-0.39, 0.29) is 30.9 Å². The Bertz CT molecular complexity index is 375. The van der Waals surface area contributed by atoms with E-state index >= 15 is 0 Å². The number of hydrogen-bond donors (Lipinski definition) is 2. The molecule has 1 aromatic carbocycles. The van der Waals surface area contributed by atoms with E-state index in [2.05, 4.69) is 29.6 Å². The minimum atomic E-state index is 0. The molecule has 0 saturated carbocycles. The zero-order valence-corrected chi connectivity index (χ0v) is 11.4. The van der Waals surface area contributed by atoms with Gasteiger partial charge in [0.15, 0.2) is 0 Å². The second-order valence-corrected chi connectivity index (χ2v) is 4.97. The maximum Gasteiger partial charge on any atom is 0.0359 e. The number of nitrogens with two attached hydrogens (primary N) is 1. The summed E-state index contributed by atoms with van der Waals surface area (Å²) < 4.78 is 0. The molecule has 1 aliphatic heterocycles. The fourth-order valence-electron chi connectivity index (χ4n) is 3.23. The Labute approximate surface area is 115 Å². The second kappa shape index (κ2) is 5.57. The molecule has 0 aromatic heterocycles. The van der Waals surface area contributed by atoms with Crippen LogP contribution in [0.25, 0.3) is 0 Å². The van der Waals surface area contributed by atoms with Crippen molar-refractivity contribution in [3.63, 3.8) is 0 Å². The quantitative estimate of drug-likeness (QED) is 0.763. The summed E-state index contributed by atoms with van der Waals surface area (Å²) in [7, 11) is 0. The van der Waals surface area contributed by atoms with Crippen molar-refractivity contribution in [2.75, 3.05) is 13.1 Å². The van der Waals surface area contributed by atoms with Crippen LogP contribution in [0.1, 0.15) is 30.0 Å².